The minimum atomic E-state index is -1.42. The summed E-state index contributed by atoms with van der Waals surface area (Å²) >= 11 is 2.79. The second kappa shape index (κ2) is 3.18. The number of aldehydes is 1. The Hall–Kier alpha value is -0.970. The van der Waals surface area contributed by atoms with Gasteiger partial charge < -0.3 is 5.11 Å². The van der Waals surface area contributed by atoms with E-state index in [9.17, 15) is 13.6 Å². The van der Waals surface area contributed by atoms with Gasteiger partial charge in [-0.2, -0.15) is 4.39 Å². The number of hydrogen-bond donors (Lipinski definition) is 1. The number of benzene rings is 1. The Kier molecular flexibility index (Phi) is 2.42. The van der Waals surface area contributed by atoms with E-state index in [2.05, 4.69) is 15.9 Å². The molecule has 1 rings (SSSR count). The zero-order chi connectivity index (χ0) is 9.30. The van der Waals surface area contributed by atoms with E-state index in [4.69, 9.17) is 5.11 Å². The van der Waals surface area contributed by atoms with Crippen molar-refractivity contribution in [3.05, 3.63) is 27.7 Å². The quantitative estimate of drug-likeness (QED) is 0.600. The highest BCUT2D eigenvalue weighted by molar-refractivity contribution is 9.10. The van der Waals surface area contributed by atoms with Crippen LogP contribution in [0.1, 0.15) is 10.4 Å². The van der Waals surface area contributed by atoms with E-state index in [1.807, 2.05) is 0 Å². The molecule has 1 aromatic rings. The van der Waals surface area contributed by atoms with E-state index in [-0.39, 0.29) is 10.8 Å². The van der Waals surface area contributed by atoms with Crippen molar-refractivity contribution in [2.45, 2.75) is 0 Å². The van der Waals surface area contributed by atoms with Crippen molar-refractivity contribution in [1.29, 1.82) is 0 Å². The minimum Gasteiger partial charge on any atom is -0.505 e. The number of aromatic hydroxyl groups is 1. The normalized spacial score (nSPS) is 9.92. The van der Waals surface area contributed by atoms with Crippen LogP contribution < -0.4 is 0 Å². The lowest BCUT2D eigenvalue weighted by Gasteiger charge is -2.01. The van der Waals surface area contributed by atoms with E-state index in [1.165, 1.54) is 0 Å². The largest absolute Gasteiger partial charge is 0.505 e. The zero-order valence-electron chi connectivity index (χ0n) is 5.64. The van der Waals surface area contributed by atoms with Gasteiger partial charge in [-0.1, -0.05) is 0 Å². The van der Waals surface area contributed by atoms with E-state index < -0.39 is 22.9 Å². The maximum atomic E-state index is 12.7. The monoisotopic (exact) mass is 236 g/mol. The Morgan fingerprint density at radius 2 is 2.00 bits per heavy atom. The summed E-state index contributed by atoms with van der Waals surface area (Å²) in [5.41, 5.74) is -0.440. The van der Waals surface area contributed by atoms with E-state index in [0.29, 0.717) is 0 Å². The zero-order valence-corrected chi connectivity index (χ0v) is 7.23. The second-order valence-electron chi connectivity index (χ2n) is 2.04. The number of carbonyl (C=O) groups is 1. The molecule has 1 aromatic carbocycles. The lowest BCUT2D eigenvalue weighted by molar-refractivity contribution is 0.111. The lowest BCUT2D eigenvalue weighted by Crippen LogP contribution is -1.94. The average Bonchev–Trinajstić information content (AvgIpc) is 2.01. The van der Waals surface area contributed by atoms with Crippen LogP contribution in [0.5, 0.6) is 5.75 Å². The van der Waals surface area contributed by atoms with Gasteiger partial charge >= 0.3 is 0 Å². The standard InChI is InChI=1S/C7H3BrF2O2/c8-4-1-5(12)7(10)6(9)3(4)2-11/h1-2,12H. The SMILES string of the molecule is O=Cc1c(Br)cc(O)c(F)c1F. The molecular weight excluding hydrogens is 234 g/mol. The first kappa shape index (κ1) is 9.12. The van der Waals surface area contributed by atoms with Crippen molar-refractivity contribution in [3.8, 4) is 5.75 Å². The maximum Gasteiger partial charge on any atom is 0.201 e. The molecule has 0 fully saturated rings. The molecule has 0 radical (unpaired) electrons. The molecule has 0 bridgehead atoms. The predicted molar refractivity (Wildman–Crippen MR) is 41.1 cm³/mol. The summed E-state index contributed by atoms with van der Waals surface area (Å²) in [6.45, 7) is 0. The van der Waals surface area contributed by atoms with E-state index in [1.54, 1.807) is 0 Å². The van der Waals surface area contributed by atoms with Crippen LogP contribution in [-0.4, -0.2) is 11.4 Å². The Morgan fingerprint density at radius 1 is 1.42 bits per heavy atom. The van der Waals surface area contributed by atoms with Gasteiger partial charge in [-0.05, 0) is 22.0 Å². The number of halogens is 3. The van der Waals surface area contributed by atoms with Crippen molar-refractivity contribution in [3.63, 3.8) is 0 Å². The van der Waals surface area contributed by atoms with Gasteiger partial charge in [0.05, 0.1) is 5.56 Å². The molecular formula is C7H3BrF2O2. The Bertz CT molecular complexity index is 339. The first-order chi connectivity index (χ1) is 5.57. The molecule has 0 unspecified atom stereocenters. The fourth-order valence-electron chi connectivity index (χ4n) is 0.705. The molecule has 0 atom stereocenters. The van der Waals surface area contributed by atoms with Crippen LogP contribution in [0.15, 0.2) is 10.5 Å². The Labute approximate surface area is 75.0 Å². The Balaban J connectivity index is 3.51. The van der Waals surface area contributed by atoms with Crippen molar-refractivity contribution >= 4 is 22.2 Å². The summed E-state index contributed by atoms with van der Waals surface area (Å²) in [6, 6.07) is 0.919. The summed E-state index contributed by atoms with van der Waals surface area (Å²) in [7, 11) is 0. The molecule has 0 saturated carbocycles. The van der Waals surface area contributed by atoms with Crippen LogP contribution in [-0.2, 0) is 0 Å². The smallest absolute Gasteiger partial charge is 0.201 e. The molecule has 0 heterocycles. The van der Waals surface area contributed by atoms with Crippen molar-refractivity contribution in [1.82, 2.24) is 0 Å². The highest BCUT2D eigenvalue weighted by Gasteiger charge is 2.15. The first-order valence-corrected chi connectivity index (χ1v) is 3.69. The average molecular weight is 237 g/mol. The summed E-state index contributed by atoms with van der Waals surface area (Å²) in [4.78, 5) is 10.2. The molecule has 0 amide bonds. The minimum absolute atomic E-state index is 0.0221. The van der Waals surface area contributed by atoms with Crippen LogP contribution in [0.2, 0.25) is 0 Å². The van der Waals surface area contributed by atoms with Gasteiger partial charge in [0.25, 0.3) is 0 Å². The predicted octanol–water partition coefficient (Wildman–Crippen LogP) is 2.25. The van der Waals surface area contributed by atoms with Gasteiger partial charge in [0.15, 0.2) is 17.9 Å². The highest BCUT2D eigenvalue weighted by atomic mass is 79.9. The fraction of sp³-hybridized carbons (Fsp3) is 0. The van der Waals surface area contributed by atoms with Gasteiger partial charge in [-0.25, -0.2) is 4.39 Å². The number of hydrogen-bond acceptors (Lipinski definition) is 2. The molecule has 5 heteroatoms. The van der Waals surface area contributed by atoms with E-state index in [0.717, 1.165) is 6.07 Å². The third-order valence-electron chi connectivity index (χ3n) is 1.29. The highest BCUT2D eigenvalue weighted by Crippen LogP contribution is 2.27. The first-order valence-electron chi connectivity index (χ1n) is 2.89. The molecule has 0 aliphatic rings. The number of rotatable bonds is 1. The topological polar surface area (TPSA) is 37.3 Å². The van der Waals surface area contributed by atoms with Crippen LogP contribution in [0.4, 0.5) is 8.78 Å². The van der Waals surface area contributed by atoms with Crippen molar-refractivity contribution in [2.75, 3.05) is 0 Å². The lowest BCUT2D eigenvalue weighted by atomic mass is 10.2. The number of phenols is 1. The summed E-state index contributed by atoms with van der Waals surface area (Å²) < 4.78 is 25.3. The van der Waals surface area contributed by atoms with Crippen LogP contribution in [0, 0.1) is 11.6 Å². The third kappa shape index (κ3) is 1.32. The molecule has 1 N–H and O–H groups in total. The van der Waals surface area contributed by atoms with Crippen molar-refractivity contribution < 1.29 is 18.7 Å². The van der Waals surface area contributed by atoms with Crippen LogP contribution in [0.3, 0.4) is 0 Å². The van der Waals surface area contributed by atoms with Crippen LogP contribution >= 0.6 is 15.9 Å². The summed E-state index contributed by atoms with van der Waals surface area (Å²) in [5.74, 6) is -3.60. The van der Waals surface area contributed by atoms with Crippen molar-refractivity contribution in [2.24, 2.45) is 0 Å². The fourth-order valence-corrected chi connectivity index (χ4v) is 1.19. The summed E-state index contributed by atoms with van der Waals surface area (Å²) in [5, 5.41) is 8.74. The molecule has 64 valence electrons. The van der Waals surface area contributed by atoms with Gasteiger partial charge in [-0.15, -0.1) is 0 Å². The van der Waals surface area contributed by atoms with Gasteiger partial charge in [0.2, 0.25) is 5.82 Å². The number of carbonyl (C=O) groups excluding carboxylic acids is 1. The molecule has 2 nitrogen and oxygen atoms in total. The van der Waals surface area contributed by atoms with E-state index >= 15 is 0 Å². The molecule has 0 spiro atoms. The molecule has 0 aliphatic heterocycles. The molecule has 12 heavy (non-hydrogen) atoms. The van der Waals surface area contributed by atoms with Crippen LogP contribution in [0.25, 0.3) is 0 Å². The summed E-state index contributed by atoms with van der Waals surface area (Å²) in [6.07, 6.45) is 0.169. The molecule has 0 saturated heterocycles. The molecule has 0 aliphatic carbocycles. The number of phenolic OH excluding ortho intramolecular Hbond substituents is 1. The Morgan fingerprint density at radius 3 is 2.50 bits per heavy atom. The molecule has 0 aromatic heterocycles. The van der Waals surface area contributed by atoms with Gasteiger partial charge in [0, 0.05) is 4.47 Å². The second-order valence-corrected chi connectivity index (χ2v) is 2.89. The maximum absolute atomic E-state index is 12.7. The van der Waals surface area contributed by atoms with Gasteiger partial charge in [0.1, 0.15) is 0 Å². The van der Waals surface area contributed by atoms with Gasteiger partial charge in [-0.3, -0.25) is 4.79 Å². The third-order valence-corrected chi connectivity index (χ3v) is 1.95.